The van der Waals surface area contributed by atoms with Crippen LogP contribution in [-0.2, 0) is 28.7 Å². The minimum atomic E-state index is -0.344. The first-order valence-electron chi connectivity index (χ1n) is 17.7. The molecule has 258 valence electrons. The zero-order valence-electron chi connectivity index (χ0n) is 30.6. The molecule has 8 nitrogen and oxygen atoms in total. The molecule has 2 rings (SSSR count). The molecular weight excluding hydrogens is 556 g/mol. The van der Waals surface area contributed by atoms with Gasteiger partial charge in [0.1, 0.15) is 12.2 Å². The maximum absolute atomic E-state index is 12.9. The van der Waals surface area contributed by atoms with Crippen molar-refractivity contribution in [2.75, 3.05) is 0 Å². The third-order valence-corrected chi connectivity index (χ3v) is 9.42. The lowest BCUT2D eigenvalue weighted by molar-refractivity contribution is -0.316. The monoisotopic (exact) mass is 625 g/mol. The summed E-state index contributed by atoms with van der Waals surface area (Å²) in [5, 5.41) is 4.30. The normalized spacial score (nSPS) is 23.6. The van der Waals surface area contributed by atoms with E-state index in [1.807, 2.05) is 0 Å². The minimum absolute atomic E-state index is 0.0235. The molecule has 0 aromatic rings. The van der Waals surface area contributed by atoms with Gasteiger partial charge in [-0.15, -0.1) is 0 Å². The van der Waals surface area contributed by atoms with Gasteiger partial charge in [-0.25, -0.2) is 0 Å². The van der Waals surface area contributed by atoms with Crippen LogP contribution in [0.3, 0.4) is 0 Å². The highest BCUT2D eigenvalue weighted by Crippen LogP contribution is 2.42. The van der Waals surface area contributed by atoms with E-state index >= 15 is 0 Å². The zero-order valence-corrected chi connectivity index (χ0v) is 30.6. The summed E-state index contributed by atoms with van der Waals surface area (Å²) in [6.45, 7) is 26.0. The molecule has 2 aliphatic heterocycles. The second kappa shape index (κ2) is 16.6. The van der Waals surface area contributed by atoms with Crippen LogP contribution in [0.2, 0.25) is 0 Å². The molecule has 1 unspecified atom stereocenters. The molecular formula is C36H68N2O6. The molecule has 0 bridgehead atoms. The Bertz CT molecular complexity index is 793. The van der Waals surface area contributed by atoms with Crippen molar-refractivity contribution in [2.24, 2.45) is 0 Å². The number of hydrogen-bond donors (Lipinski definition) is 0. The van der Waals surface area contributed by atoms with Crippen LogP contribution in [0.4, 0.5) is 0 Å². The average molecular weight is 625 g/mol. The van der Waals surface area contributed by atoms with Gasteiger partial charge in [-0.3, -0.25) is 19.3 Å². The number of ether oxygens (including phenoxy) is 2. The largest absolute Gasteiger partial charge is 0.462 e. The van der Waals surface area contributed by atoms with Gasteiger partial charge in [0.15, 0.2) is 0 Å². The first-order valence-corrected chi connectivity index (χ1v) is 17.7. The molecule has 0 aliphatic carbocycles. The van der Waals surface area contributed by atoms with Crippen LogP contribution >= 0.6 is 0 Å². The Balaban J connectivity index is 1.90. The number of piperidine rings is 2. The summed E-state index contributed by atoms with van der Waals surface area (Å²) in [6.07, 6.45) is 11.3. The molecule has 0 radical (unpaired) electrons. The quantitative estimate of drug-likeness (QED) is 0.149. The number of nitrogens with zero attached hydrogens (tertiary/aromatic N) is 2. The molecule has 0 amide bonds. The molecule has 8 heteroatoms. The van der Waals surface area contributed by atoms with Crippen LogP contribution in [0.5, 0.6) is 0 Å². The SMILES string of the molecule is CCCCC(CC)ON1C(C)(C)CC(OC(=O)CCC(=O)OC2CC(C)(C)N(O[C@@H](CC)CCCC)C(C)(C)C2)CC1(C)C. The highest BCUT2D eigenvalue weighted by Gasteiger charge is 2.50. The summed E-state index contributed by atoms with van der Waals surface area (Å²) < 4.78 is 11.9. The maximum Gasteiger partial charge on any atom is 0.306 e. The molecule has 2 saturated heterocycles. The van der Waals surface area contributed by atoms with E-state index in [0.717, 1.165) is 51.4 Å². The van der Waals surface area contributed by atoms with Gasteiger partial charge in [0, 0.05) is 47.8 Å². The van der Waals surface area contributed by atoms with Gasteiger partial charge in [0.05, 0.1) is 25.0 Å². The van der Waals surface area contributed by atoms with E-state index in [1.165, 1.54) is 0 Å². The summed E-state index contributed by atoms with van der Waals surface area (Å²) in [4.78, 5) is 39.0. The summed E-state index contributed by atoms with van der Waals surface area (Å²) >= 11 is 0. The first kappa shape index (κ1) is 39.0. The van der Waals surface area contributed by atoms with Gasteiger partial charge in [-0.2, -0.15) is 10.1 Å². The molecule has 2 aliphatic rings. The number of rotatable bonds is 17. The van der Waals surface area contributed by atoms with Gasteiger partial charge in [-0.05, 0) is 81.1 Å². The zero-order chi connectivity index (χ0) is 33.3. The van der Waals surface area contributed by atoms with Gasteiger partial charge in [-0.1, -0.05) is 53.4 Å². The summed E-state index contributed by atoms with van der Waals surface area (Å²) in [5.41, 5.74) is -1.18. The molecule has 0 aromatic heterocycles. The highest BCUT2D eigenvalue weighted by atomic mass is 16.7. The van der Waals surface area contributed by atoms with E-state index in [2.05, 4.69) is 93.2 Å². The molecule has 0 N–H and O–H groups in total. The topological polar surface area (TPSA) is 77.5 Å². The number of esters is 2. The molecule has 44 heavy (non-hydrogen) atoms. The highest BCUT2D eigenvalue weighted by molar-refractivity contribution is 5.77. The Morgan fingerprint density at radius 3 is 1.14 bits per heavy atom. The van der Waals surface area contributed by atoms with Crippen molar-refractivity contribution < 1.29 is 28.7 Å². The summed E-state index contributed by atoms with van der Waals surface area (Å²) in [5.74, 6) is -0.687. The fraction of sp³-hybridized carbons (Fsp3) is 0.944. The number of carbonyl (C=O) groups is 2. The third-order valence-electron chi connectivity index (χ3n) is 9.42. The average Bonchev–Trinajstić information content (AvgIpc) is 2.89. The van der Waals surface area contributed by atoms with Crippen molar-refractivity contribution in [3.63, 3.8) is 0 Å². The lowest BCUT2D eigenvalue weighted by Gasteiger charge is -2.54. The lowest BCUT2D eigenvalue weighted by atomic mass is 9.80. The van der Waals surface area contributed by atoms with E-state index in [4.69, 9.17) is 19.1 Å². The van der Waals surface area contributed by atoms with E-state index in [9.17, 15) is 9.59 Å². The van der Waals surface area contributed by atoms with Crippen molar-refractivity contribution in [2.45, 2.75) is 220 Å². The Labute approximate surface area is 270 Å². The van der Waals surface area contributed by atoms with Crippen LogP contribution in [0.1, 0.15) is 173 Å². The van der Waals surface area contributed by atoms with E-state index < -0.39 is 0 Å². The number of hydrogen-bond acceptors (Lipinski definition) is 8. The Morgan fingerprint density at radius 2 is 0.886 bits per heavy atom. The fourth-order valence-corrected chi connectivity index (χ4v) is 7.60. The van der Waals surface area contributed by atoms with Crippen LogP contribution in [0.15, 0.2) is 0 Å². The smallest absolute Gasteiger partial charge is 0.306 e. The van der Waals surface area contributed by atoms with Gasteiger partial charge in [0.25, 0.3) is 0 Å². The Morgan fingerprint density at radius 1 is 0.591 bits per heavy atom. The predicted molar refractivity (Wildman–Crippen MR) is 177 cm³/mol. The second-order valence-corrected chi connectivity index (χ2v) is 15.9. The first-order chi connectivity index (χ1) is 20.4. The second-order valence-electron chi connectivity index (χ2n) is 15.9. The molecule has 0 saturated carbocycles. The van der Waals surface area contributed by atoms with Gasteiger partial charge >= 0.3 is 11.9 Å². The van der Waals surface area contributed by atoms with E-state index in [1.54, 1.807) is 0 Å². The molecule has 2 heterocycles. The molecule has 2 atom stereocenters. The van der Waals surface area contributed by atoms with Crippen molar-refractivity contribution >= 4 is 11.9 Å². The summed E-state index contributed by atoms with van der Waals surface area (Å²) in [7, 11) is 0. The standard InChI is InChI=1S/C36H68N2O6/c1-13-17-19-27(15-3)43-37-33(5,6)23-29(24-34(37,7)8)41-31(39)21-22-32(40)42-30-25-35(9,10)38(36(11,12)26-30)44-28(16-4)20-18-14-2/h27-30H,13-26H2,1-12H3/t27-,28?/m0/s1. The Kier molecular flexibility index (Phi) is 14.7. The number of hydroxylamine groups is 4. The Hall–Kier alpha value is -1.22. The number of unbranched alkanes of at least 4 members (excludes halogenated alkanes) is 2. The maximum atomic E-state index is 12.9. The third kappa shape index (κ3) is 11.2. The predicted octanol–water partition coefficient (Wildman–Crippen LogP) is 8.70. The van der Waals surface area contributed by atoms with Crippen molar-refractivity contribution in [3.8, 4) is 0 Å². The van der Waals surface area contributed by atoms with Gasteiger partial charge in [0.2, 0.25) is 0 Å². The van der Waals surface area contributed by atoms with Crippen molar-refractivity contribution in [1.82, 2.24) is 10.1 Å². The fourth-order valence-electron chi connectivity index (χ4n) is 7.60. The van der Waals surface area contributed by atoms with Crippen molar-refractivity contribution in [3.05, 3.63) is 0 Å². The minimum Gasteiger partial charge on any atom is -0.462 e. The van der Waals surface area contributed by atoms with Crippen LogP contribution in [0.25, 0.3) is 0 Å². The van der Waals surface area contributed by atoms with Crippen molar-refractivity contribution in [1.29, 1.82) is 0 Å². The molecule has 0 spiro atoms. The van der Waals surface area contributed by atoms with Crippen LogP contribution < -0.4 is 0 Å². The van der Waals surface area contributed by atoms with E-state index in [-0.39, 0.29) is 71.4 Å². The molecule has 2 fully saturated rings. The van der Waals surface area contributed by atoms with Crippen LogP contribution in [-0.4, -0.2) is 68.6 Å². The summed E-state index contributed by atoms with van der Waals surface area (Å²) in [6, 6.07) is 0. The molecule has 0 aromatic carbocycles. The van der Waals surface area contributed by atoms with E-state index in [0.29, 0.717) is 25.7 Å². The van der Waals surface area contributed by atoms with Gasteiger partial charge < -0.3 is 9.47 Å². The van der Waals surface area contributed by atoms with Crippen LogP contribution in [0, 0.1) is 0 Å². The number of carbonyl (C=O) groups excluding carboxylic acids is 2. The lowest BCUT2D eigenvalue weighted by Crippen LogP contribution is -2.63.